The van der Waals surface area contributed by atoms with Gasteiger partial charge < -0.3 is 15.2 Å². The minimum atomic E-state index is -1.01. The van der Waals surface area contributed by atoms with Crippen LogP contribution in [0.1, 0.15) is 17.2 Å². The summed E-state index contributed by atoms with van der Waals surface area (Å²) in [7, 11) is 0. The van der Waals surface area contributed by atoms with Crippen molar-refractivity contribution < 1.29 is 23.4 Å². The highest BCUT2D eigenvalue weighted by molar-refractivity contribution is 5.68. The van der Waals surface area contributed by atoms with Crippen molar-refractivity contribution in [2.75, 3.05) is 6.61 Å². The molecule has 0 saturated heterocycles. The molecule has 2 rings (SSSR count). The summed E-state index contributed by atoms with van der Waals surface area (Å²) < 4.78 is 31.5. The van der Waals surface area contributed by atoms with E-state index < -0.39 is 30.4 Å². The molecule has 2 aromatic rings. The number of hydrogen-bond acceptors (Lipinski definition) is 3. The molecule has 0 heterocycles. The van der Waals surface area contributed by atoms with Gasteiger partial charge in [0.25, 0.3) is 0 Å². The monoisotopic (exact) mass is 307 g/mol. The number of hydrogen-bond donors (Lipinski definition) is 2. The van der Waals surface area contributed by atoms with Crippen LogP contribution in [0, 0.1) is 11.6 Å². The first-order valence-electron chi connectivity index (χ1n) is 6.63. The minimum Gasteiger partial charge on any atom is -0.445 e. The first-order chi connectivity index (χ1) is 10.6. The van der Waals surface area contributed by atoms with E-state index in [4.69, 9.17) is 4.74 Å². The van der Waals surface area contributed by atoms with E-state index in [9.17, 15) is 18.7 Å². The van der Waals surface area contributed by atoms with Gasteiger partial charge in [0, 0.05) is 11.6 Å². The van der Waals surface area contributed by atoms with Crippen molar-refractivity contribution in [2.24, 2.45) is 0 Å². The smallest absolute Gasteiger partial charge is 0.408 e. The summed E-state index contributed by atoms with van der Waals surface area (Å²) in [6.07, 6.45) is -0.799. The van der Waals surface area contributed by atoms with E-state index in [-0.39, 0.29) is 12.2 Å². The van der Waals surface area contributed by atoms with Crippen LogP contribution < -0.4 is 5.32 Å². The van der Waals surface area contributed by atoms with E-state index in [1.165, 1.54) is 6.07 Å². The van der Waals surface area contributed by atoms with E-state index in [0.29, 0.717) is 6.07 Å². The van der Waals surface area contributed by atoms with Crippen LogP contribution in [0.15, 0.2) is 48.5 Å². The first kappa shape index (κ1) is 15.9. The molecule has 2 aromatic carbocycles. The molecule has 22 heavy (non-hydrogen) atoms. The van der Waals surface area contributed by atoms with Crippen LogP contribution in [0.2, 0.25) is 0 Å². The Labute approximate surface area is 126 Å². The fourth-order valence-corrected chi connectivity index (χ4v) is 1.91. The summed E-state index contributed by atoms with van der Waals surface area (Å²) in [6.45, 7) is -0.486. The normalized spacial score (nSPS) is 11.8. The van der Waals surface area contributed by atoms with Gasteiger partial charge in [-0.1, -0.05) is 36.4 Å². The summed E-state index contributed by atoms with van der Waals surface area (Å²) in [4.78, 5) is 11.7. The Hall–Kier alpha value is -2.47. The van der Waals surface area contributed by atoms with Crippen LogP contribution in [0.5, 0.6) is 0 Å². The Morgan fingerprint density at radius 1 is 1.18 bits per heavy atom. The summed E-state index contributed by atoms with van der Waals surface area (Å²) in [5.41, 5.74) is 0.784. The van der Waals surface area contributed by atoms with Gasteiger partial charge in [-0.3, -0.25) is 0 Å². The Kier molecular flexibility index (Phi) is 5.43. The van der Waals surface area contributed by atoms with E-state index >= 15 is 0 Å². The molecule has 4 nitrogen and oxygen atoms in total. The van der Waals surface area contributed by atoms with Gasteiger partial charge in [0.1, 0.15) is 18.2 Å². The Balaban J connectivity index is 1.96. The maximum atomic E-state index is 13.6. The van der Waals surface area contributed by atoms with Gasteiger partial charge in [0.2, 0.25) is 0 Å². The highest BCUT2D eigenvalue weighted by atomic mass is 19.1. The Bertz CT molecular complexity index is 635. The van der Waals surface area contributed by atoms with Crippen LogP contribution in [-0.4, -0.2) is 17.8 Å². The summed E-state index contributed by atoms with van der Waals surface area (Å²) >= 11 is 0. The lowest BCUT2D eigenvalue weighted by atomic mass is 10.1. The molecule has 116 valence electrons. The summed E-state index contributed by atoms with van der Waals surface area (Å²) in [6, 6.07) is 10.9. The molecule has 0 saturated carbocycles. The second-order valence-electron chi connectivity index (χ2n) is 4.61. The van der Waals surface area contributed by atoms with E-state index in [2.05, 4.69) is 5.32 Å². The third-order valence-corrected chi connectivity index (χ3v) is 3.03. The van der Waals surface area contributed by atoms with Crippen LogP contribution in [0.25, 0.3) is 0 Å². The van der Waals surface area contributed by atoms with E-state index in [0.717, 1.165) is 11.6 Å². The average Bonchev–Trinajstić information content (AvgIpc) is 2.52. The molecule has 0 aliphatic heterocycles. The number of nitrogens with one attached hydrogen (secondary N) is 1. The molecule has 0 fully saturated rings. The second kappa shape index (κ2) is 7.51. The van der Waals surface area contributed by atoms with Gasteiger partial charge in [-0.15, -0.1) is 0 Å². The van der Waals surface area contributed by atoms with Crippen LogP contribution in [-0.2, 0) is 11.3 Å². The molecule has 0 spiro atoms. The minimum absolute atomic E-state index is 0.0134. The first-order valence-corrected chi connectivity index (χ1v) is 6.63. The topological polar surface area (TPSA) is 58.6 Å². The molecule has 0 bridgehead atoms. The molecule has 2 N–H and O–H groups in total. The highest BCUT2D eigenvalue weighted by Crippen LogP contribution is 2.18. The Morgan fingerprint density at radius 2 is 1.91 bits per heavy atom. The summed E-state index contributed by atoms with van der Waals surface area (Å²) in [5, 5.41) is 11.6. The number of amides is 1. The van der Waals surface area contributed by atoms with Crippen molar-refractivity contribution in [3.8, 4) is 0 Å². The number of aliphatic hydroxyl groups excluding tert-OH is 1. The van der Waals surface area contributed by atoms with E-state index in [1.54, 1.807) is 24.3 Å². The molecule has 6 heteroatoms. The number of halogens is 2. The Morgan fingerprint density at radius 3 is 2.55 bits per heavy atom. The third-order valence-electron chi connectivity index (χ3n) is 3.03. The molecule has 1 unspecified atom stereocenters. The van der Waals surface area contributed by atoms with Crippen molar-refractivity contribution in [3.63, 3.8) is 0 Å². The second-order valence-corrected chi connectivity index (χ2v) is 4.61. The average molecular weight is 307 g/mol. The maximum absolute atomic E-state index is 13.6. The van der Waals surface area contributed by atoms with Crippen molar-refractivity contribution in [3.05, 3.63) is 71.3 Å². The summed E-state index contributed by atoms with van der Waals surface area (Å²) in [5.74, 6) is -1.58. The number of aliphatic hydroxyl groups is 1. The fourth-order valence-electron chi connectivity index (χ4n) is 1.91. The molecule has 1 amide bonds. The fraction of sp³-hybridized carbons (Fsp3) is 0.188. The number of rotatable bonds is 5. The molecule has 0 aromatic heterocycles. The van der Waals surface area contributed by atoms with Gasteiger partial charge in [-0.2, -0.15) is 0 Å². The van der Waals surface area contributed by atoms with Crippen molar-refractivity contribution in [1.29, 1.82) is 0 Å². The highest BCUT2D eigenvalue weighted by Gasteiger charge is 2.18. The third kappa shape index (κ3) is 4.26. The molecule has 1 atom stereocenters. The molecular formula is C16H15F2NO3. The van der Waals surface area contributed by atoms with Crippen molar-refractivity contribution in [2.45, 2.75) is 12.6 Å². The zero-order valence-electron chi connectivity index (χ0n) is 11.6. The predicted molar refractivity (Wildman–Crippen MR) is 75.9 cm³/mol. The maximum Gasteiger partial charge on any atom is 0.408 e. The lowest BCUT2D eigenvalue weighted by Crippen LogP contribution is -2.31. The van der Waals surface area contributed by atoms with Crippen LogP contribution in [0.4, 0.5) is 13.6 Å². The van der Waals surface area contributed by atoms with Crippen molar-refractivity contribution in [1.82, 2.24) is 5.32 Å². The molecular weight excluding hydrogens is 292 g/mol. The number of carbonyl (C=O) groups excluding carboxylic acids is 1. The lowest BCUT2D eigenvalue weighted by molar-refractivity contribution is 0.129. The predicted octanol–water partition coefficient (Wildman–Crippen LogP) is 2.92. The lowest BCUT2D eigenvalue weighted by Gasteiger charge is -2.17. The zero-order chi connectivity index (χ0) is 15.9. The number of carbonyl (C=O) groups is 1. The van der Waals surface area contributed by atoms with E-state index in [1.807, 2.05) is 6.07 Å². The van der Waals surface area contributed by atoms with Crippen molar-refractivity contribution >= 4 is 6.09 Å². The van der Waals surface area contributed by atoms with Gasteiger partial charge in [0.05, 0.1) is 12.6 Å². The van der Waals surface area contributed by atoms with Gasteiger partial charge in [-0.05, 0) is 11.6 Å². The number of ether oxygens (including phenoxy) is 1. The van der Waals surface area contributed by atoms with Crippen LogP contribution in [0.3, 0.4) is 0 Å². The molecule has 0 radical (unpaired) electrons. The standard InChI is InChI=1S/C16H15F2NO3/c17-12-6-7-13(14(18)8-12)15(9-20)19-16(21)22-10-11-4-2-1-3-5-11/h1-8,15,20H,9-10H2,(H,19,21). The molecule has 0 aliphatic rings. The molecule has 0 aliphatic carbocycles. The van der Waals surface area contributed by atoms with Gasteiger partial charge in [0.15, 0.2) is 0 Å². The zero-order valence-corrected chi connectivity index (χ0v) is 11.6. The quantitative estimate of drug-likeness (QED) is 0.893. The van der Waals surface area contributed by atoms with Gasteiger partial charge >= 0.3 is 6.09 Å². The SMILES string of the molecule is O=C(NC(CO)c1ccc(F)cc1F)OCc1ccccc1. The number of benzene rings is 2. The number of alkyl carbamates (subject to hydrolysis) is 1. The van der Waals surface area contributed by atoms with Crippen LogP contribution >= 0.6 is 0 Å². The van der Waals surface area contributed by atoms with Gasteiger partial charge in [-0.25, -0.2) is 13.6 Å². The largest absolute Gasteiger partial charge is 0.445 e.